The number of rotatable bonds is 6. The van der Waals surface area contributed by atoms with Gasteiger partial charge in [-0.3, -0.25) is 4.79 Å². The first kappa shape index (κ1) is 15.8. The van der Waals surface area contributed by atoms with E-state index in [1.165, 1.54) is 0 Å². The van der Waals surface area contributed by atoms with Gasteiger partial charge in [0.2, 0.25) is 5.91 Å². The van der Waals surface area contributed by atoms with Crippen molar-refractivity contribution in [2.45, 2.75) is 31.0 Å². The van der Waals surface area contributed by atoms with Gasteiger partial charge in [-0.15, -0.1) is 0 Å². The summed E-state index contributed by atoms with van der Waals surface area (Å²) in [6.07, 6.45) is 2.32. The van der Waals surface area contributed by atoms with Gasteiger partial charge in [0, 0.05) is 11.4 Å². The molecule has 1 amide bonds. The molecule has 2 nitrogen and oxygen atoms in total. The Hall–Kier alpha value is -0.250. The second kappa shape index (κ2) is 8.03. The summed E-state index contributed by atoms with van der Waals surface area (Å²) in [5, 5.41) is 3.87. The lowest BCUT2D eigenvalue weighted by molar-refractivity contribution is -0.120. The van der Waals surface area contributed by atoms with Gasteiger partial charge in [0.1, 0.15) is 0 Å². The monoisotopic (exact) mass is 351 g/mol. The SMILES string of the molecule is CCC(Br)CCNC(=O)Cc1ccc(Cl)c(Cl)c1. The summed E-state index contributed by atoms with van der Waals surface area (Å²) in [5.41, 5.74) is 0.868. The van der Waals surface area contributed by atoms with Crippen molar-refractivity contribution in [2.75, 3.05) is 6.54 Å². The van der Waals surface area contributed by atoms with Gasteiger partial charge in [0.15, 0.2) is 0 Å². The van der Waals surface area contributed by atoms with E-state index < -0.39 is 0 Å². The van der Waals surface area contributed by atoms with Crippen molar-refractivity contribution in [2.24, 2.45) is 0 Å². The molecule has 0 saturated heterocycles. The van der Waals surface area contributed by atoms with E-state index in [-0.39, 0.29) is 5.91 Å². The Morgan fingerprint density at radius 2 is 2.11 bits per heavy atom. The maximum Gasteiger partial charge on any atom is 0.224 e. The van der Waals surface area contributed by atoms with Crippen LogP contribution in [-0.2, 0) is 11.2 Å². The molecule has 0 aliphatic carbocycles. The fourth-order valence-electron chi connectivity index (χ4n) is 1.47. The van der Waals surface area contributed by atoms with Crippen LogP contribution < -0.4 is 5.32 Å². The number of halogens is 3. The molecule has 0 spiro atoms. The summed E-state index contributed by atoms with van der Waals surface area (Å²) >= 11 is 15.2. The molecule has 1 atom stereocenters. The number of carbonyl (C=O) groups excluding carboxylic acids is 1. The molecular weight excluding hydrogens is 337 g/mol. The molecule has 0 aromatic heterocycles. The van der Waals surface area contributed by atoms with Crippen molar-refractivity contribution >= 4 is 45.0 Å². The second-order valence-corrected chi connectivity index (χ2v) is 6.18. The predicted molar refractivity (Wildman–Crippen MR) is 80.8 cm³/mol. The van der Waals surface area contributed by atoms with Crippen LogP contribution >= 0.6 is 39.1 Å². The average molecular weight is 353 g/mol. The van der Waals surface area contributed by atoms with Crippen LogP contribution in [0.1, 0.15) is 25.3 Å². The largest absolute Gasteiger partial charge is 0.356 e. The molecule has 18 heavy (non-hydrogen) atoms. The lowest BCUT2D eigenvalue weighted by Crippen LogP contribution is -2.27. The van der Waals surface area contributed by atoms with Crippen molar-refractivity contribution in [3.8, 4) is 0 Å². The topological polar surface area (TPSA) is 29.1 Å². The highest BCUT2D eigenvalue weighted by atomic mass is 79.9. The lowest BCUT2D eigenvalue weighted by Gasteiger charge is -2.08. The van der Waals surface area contributed by atoms with E-state index in [9.17, 15) is 4.79 Å². The van der Waals surface area contributed by atoms with Crippen molar-refractivity contribution < 1.29 is 4.79 Å². The van der Waals surface area contributed by atoms with Crippen LogP contribution in [0, 0.1) is 0 Å². The smallest absolute Gasteiger partial charge is 0.224 e. The molecule has 0 fully saturated rings. The molecular formula is C13H16BrCl2NO. The molecule has 0 aliphatic rings. The first-order chi connectivity index (χ1) is 8.52. The number of hydrogen-bond donors (Lipinski definition) is 1. The van der Waals surface area contributed by atoms with Gasteiger partial charge in [-0.1, -0.05) is 52.1 Å². The van der Waals surface area contributed by atoms with E-state index in [0.29, 0.717) is 27.8 Å². The Morgan fingerprint density at radius 1 is 1.39 bits per heavy atom. The Morgan fingerprint density at radius 3 is 2.72 bits per heavy atom. The molecule has 1 rings (SSSR count). The minimum absolute atomic E-state index is 0.00388. The Kier molecular flexibility index (Phi) is 7.05. The molecule has 1 aromatic rings. The Balaban J connectivity index is 2.38. The third-order valence-corrected chi connectivity index (χ3v) is 4.42. The van der Waals surface area contributed by atoms with Crippen molar-refractivity contribution in [1.82, 2.24) is 5.32 Å². The summed E-state index contributed by atoms with van der Waals surface area (Å²) in [7, 11) is 0. The van der Waals surface area contributed by atoms with E-state index in [0.717, 1.165) is 18.4 Å². The molecule has 1 aromatic carbocycles. The fourth-order valence-corrected chi connectivity index (χ4v) is 2.02. The van der Waals surface area contributed by atoms with Gasteiger partial charge in [-0.25, -0.2) is 0 Å². The quantitative estimate of drug-likeness (QED) is 0.763. The second-order valence-electron chi connectivity index (χ2n) is 4.07. The number of nitrogens with one attached hydrogen (secondary N) is 1. The zero-order chi connectivity index (χ0) is 13.5. The first-order valence-electron chi connectivity index (χ1n) is 5.87. The average Bonchev–Trinajstić information content (AvgIpc) is 2.33. The van der Waals surface area contributed by atoms with E-state index in [4.69, 9.17) is 23.2 Å². The molecule has 0 radical (unpaired) electrons. The molecule has 0 saturated carbocycles. The lowest BCUT2D eigenvalue weighted by atomic mass is 10.1. The van der Waals surface area contributed by atoms with Crippen LogP contribution in [0.4, 0.5) is 0 Å². The molecule has 0 aliphatic heterocycles. The third-order valence-electron chi connectivity index (χ3n) is 2.57. The summed E-state index contributed by atoms with van der Waals surface area (Å²) < 4.78 is 0. The highest BCUT2D eigenvalue weighted by Crippen LogP contribution is 2.22. The van der Waals surface area contributed by atoms with Crippen LogP contribution in [0.15, 0.2) is 18.2 Å². The van der Waals surface area contributed by atoms with Crippen LogP contribution in [0.5, 0.6) is 0 Å². The predicted octanol–water partition coefficient (Wildman–Crippen LogP) is 4.22. The van der Waals surface area contributed by atoms with E-state index in [1.807, 2.05) is 6.07 Å². The van der Waals surface area contributed by atoms with Gasteiger partial charge >= 0.3 is 0 Å². The maximum absolute atomic E-state index is 11.7. The van der Waals surface area contributed by atoms with Gasteiger partial charge in [0.05, 0.1) is 16.5 Å². The standard InChI is InChI=1S/C13H16BrCl2NO/c1-2-10(14)5-6-17-13(18)8-9-3-4-11(15)12(16)7-9/h3-4,7,10H,2,5-6,8H2,1H3,(H,17,18). The first-order valence-corrected chi connectivity index (χ1v) is 7.54. The number of hydrogen-bond acceptors (Lipinski definition) is 1. The normalized spacial score (nSPS) is 12.2. The van der Waals surface area contributed by atoms with Gasteiger partial charge in [0.25, 0.3) is 0 Å². The van der Waals surface area contributed by atoms with E-state index >= 15 is 0 Å². The van der Waals surface area contributed by atoms with Crippen LogP contribution in [0.3, 0.4) is 0 Å². The van der Waals surface area contributed by atoms with Crippen LogP contribution in [-0.4, -0.2) is 17.3 Å². The van der Waals surface area contributed by atoms with Crippen molar-refractivity contribution in [3.63, 3.8) is 0 Å². The number of alkyl halides is 1. The molecule has 100 valence electrons. The Labute approximate surface area is 126 Å². The number of benzene rings is 1. The zero-order valence-corrected chi connectivity index (χ0v) is 13.3. The van der Waals surface area contributed by atoms with Gasteiger partial charge < -0.3 is 5.32 Å². The Bertz CT molecular complexity index is 412. The molecule has 1 unspecified atom stereocenters. The number of amides is 1. The zero-order valence-electron chi connectivity index (χ0n) is 10.2. The van der Waals surface area contributed by atoms with Gasteiger partial charge in [-0.05, 0) is 30.5 Å². The molecule has 1 N–H and O–H groups in total. The van der Waals surface area contributed by atoms with Crippen molar-refractivity contribution in [3.05, 3.63) is 33.8 Å². The van der Waals surface area contributed by atoms with Gasteiger partial charge in [-0.2, -0.15) is 0 Å². The van der Waals surface area contributed by atoms with E-state index in [2.05, 4.69) is 28.2 Å². The van der Waals surface area contributed by atoms with E-state index in [1.54, 1.807) is 12.1 Å². The van der Waals surface area contributed by atoms with Crippen molar-refractivity contribution in [1.29, 1.82) is 0 Å². The summed E-state index contributed by atoms with van der Waals surface area (Å²) in [6.45, 7) is 2.79. The molecule has 0 heterocycles. The summed E-state index contributed by atoms with van der Waals surface area (Å²) in [5.74, 6) is 0.00388. The molecule has 0 bridgehead atoms. The summed E-state index contributed by atoms with van der Waals surface area (Å²) in [4.78, 5) is 12.1. The minimum atomic E-state index is 0.00388. The fraction of sp³-hybridized carbons (Fsp3) is 0.462. The maximum atomic E-state index is 11.7. The molecule has 5 heteroatoms. The highest BCUT2D eigenvalue weighted by Gasteiger charge is 2.06. The van der Waals surface area contributed by atoms with Crippen LogP contribution in [0.25, 0.3) is 0 Å². The highest BCUT2D eigenvalue weighted by molar-refractivity contribution is 9.09. The van der Waals surface area contributed by atoms with Crippen LogP contribution in [0.2, 0.25) is 10.0 Å². The third kappa shape index (κ3) is 5.59. The summed E-state index contributed by atoms with van der Waals surface area (Å²) in [6, 6.07) is 5.24. The minimum Gasteiger partial charge on any atom is -0.356 e. The number of carbonyl (C=O) groups is 1.